The largest absolute Gasteiger partial charge is 0.496 e. The Morgan fingerprint density at radius 3 is 2.23 bits per heavy atom. The third kappa shape index (κ3) is 2.99. The van der Waals surface area contributed by atoms with E-state index in [0.717, 1.165) is 16.9 Å². The van der Waals surface area contributed by atoms with E-state index in [9.17, 15) is 0 Å². The maximum atomic E-state index is 6.47. The number of nitrogens with zero attached hydrogens (tertiary/aromatic N) is 1. The van der Waals surface area contributed by atoms with Gasteiger partial charge in [0, 0.05) is 12.5 Å². The molecule has 0 atom stereocenters. The molecule has 136 valence electrons. The molecule has 0 saturated carbocycles. The first-order valence-electron chi connectivity index (χ1n) is 8.19. The molecule has 0 saturated heterocycles. The zero-order chi connectivity index (χ0) is 18.7. The molecule has 0 amide bonds. The van der Waals surface area contributed by atoms with Crippen LogP contribution in [0, 0.1) is 0 Å². The topological polar surface area (TPSA) is 53.7 Å². The van der Waals surface area contributed by atoms with Crippen molar-refractivity contribution in [2.45, 2.75) is 13.3 Å². The Morgan fingerprint density at radius 2 is 1.65 bits per heavy atom. The predicted octanol–water partition coefficient (Wildman–Crippen LogP) is 5.25. The molecule has 0 N–H and O–H groups in total. The Labute approximate surface area is 157 Å². The molecule has 0 bridgehead atoms. The van der Waals surface area contributed by atoms with Gasteiger partial charge in [-0.2, -0.15) is 0 Å². The summed E-state index contributed by atoms with van der Waals surface area (Å²) in [6.45, 7) is 2.02. The van der Waals surface area contributed by atoms with E-state index >= 15 is 0 Å². The molecule has 0 unspecified atom stereocenters. The molecule has 0 spiro atoms. The van der Waals surface area contributed by atoms with Crippen LogP contribution in [-0.4, -0.2) is 26.5 Å². The lowest BCUT2D eigenvalue weighted by Crippen LogP contribution is -1.98. The molecule has 1 aromatic heterocycles. The zero-order valence-electron chi connectivity index (χ0n) is 15.1. The Kier molecular flexibility index (Phi) is 5.38. The summed E-state index contributed by atoms with van der Waals surface area (Å²) in [6, 6.07) is 11.7. The van der Waals surface area contributed by atoms with Crippen molar-refractivity contribution in [3.63, 3.8) is 0 Å². The standard InChI is InChI=1S/C20H20ClNO4/c1-5-13-16(12-9-7-6-8-10-12)19(22-26-13)17-14(23-2)11-15(24-3)18(21)20(17)25-4/h6-11H,5H2,1-4H3. The normalized spacial score (nSPS) is 10.7. The summed E-state index contributed by atoms with van der Waals surface area (Å²) in [4.78, 5) is 0. The highest BCUT2D eigenvalue weighted by atomic mass is 35.5. The van der Waals surface area contributed by atoms with Gasteiger partial charge in [0.15, 0.2) is 5.75 Å². The molecule has 0 aliphatic heterocycles. The van der Waals surface area contributed by atoms with Crippen molar-refractivity contribution in [3.05, 3.63) is 47.2 Å². The monoisotopic (exact) mass is 373 g/mol. The number of ether oxygens (including phenoxy) is 3. The molecule has 5 nitrogen and oxygen atoms in total. The number of benzene rings is 2. The van der Waals surface area contributed by atoms with E-state index in [1.54, 1.807) is 27.4 Å². The van der Waals surface area contributed by atoms with E-state index in [2.05, 4.69) is 5.16 Å². The van der Waals surface area contributed by atoms with Gasteiger partial charge in [-0.25, -0.2) is 0 Å². The highest BCUT2D eigenvalue weighted by Gasteiger charge is 2.27. The van der Waals surface area contributed by atoms with Crippen LogP contribution in [-0.2, 0) is 6.42 Å². The second kappa shape index (κ2) is 7.70. The first-order valence-corrected chi connectivity index (χ1v) is 8.56. The predicted molar refractivity (Wildman–Crippen MR) is 101 cm³/mol. The maximum Gasteiger partial charge on any atom is 0.154 e. The van der Waals surface area contributed by atoms with E-state index in [1.807, 2.05) is 37.3 Å². The highest BCUT2D eigenvalue weighted by Crippen LogP contribution is 2.50. The lowest BCUT2D eigenvalue weighted by atomic mass is 9.97. The molecule has 26 heavy (non-hydrogen) atoms. The minimum absolute atomic E-state index is 0.353. The molecule has 3 rings (SSSR count). The summed E-state index contributed by atoms with van der Waals surface area (Å²) in [6.07, 6.45) is 0.700. The van der Waals surface area contributed by atoms with Crippen molar-refractivity contribution in [2.75, 3.05) is 21.3 Å². The highest BCUT2D eigenvalue weighted by molar-refractivity contribution is 6.34. The van der Waals surface area contributed by atoms with E-state index in [0.29, 0.717) is 39.9 Å². The Balaban J connectivity index is 2.35. The van der Waals surface area contributed by atoms with Gasteiger partial charge < -0.3 is 18.7 Å². The fourth-order valence-corrected chi connectivity index (χ4v) is 3.26. The van der Waals surface area contributed by atoms with Gasteiger partial charge in [-0.15, -0.1) is 0 Å². The lowest BCUT2D eigenvalue weighted by Gasteiger charge is -2.16. The van der Waals surface area contributed by atoms with Crippen LogP contribution >= 0.6 is 11.6 Å². The van der Waals surface area contributed by atoms with Gasteiger partial charge >= 0.3 is 0 Å². The number of hydrogen-bond donors (Lipinski definition) is 0. The van der Waals surface area contributed by atoms with Crippen molar-refractivity contribution < 1.29 is 18.7 Å². The Hall–Kier alpha value is -2.66. The summed E-state index contributed by atoms with van der Waals surface area (Å²) in [7, 11) is 4.67. The van der Waals surface area contributed by atoms with Crippen molar-refractivity contribution in [1.82, 2.24) is 5.16 Å². The van der Waals surface area contributed by atoms with Gasteiger partial charge in [-0.3, -0.25) is 0 Å². The number of halogens is 1. The minimum atomic E-state index is 0.353. The van der Waals surface area contributed by atoms with E-state index < -0.39 is 0 Å². The second-order valence-corrected chi connectivity index (χ2v) is 5.93. The molecular weight excluding hydrogens is 354 g/mol. The van der Waals surface area contributed by atoms with Gasteiger partial charge in [0.25, 0.3) is 0 Å². The fraction of sp³-hybridized carbons (Fsp3) is 0.250. The van der Waals surface area contributed by atoms with Crippen LogP contribution in [0.4, 0.5) is 0 Å². The third-order valence-electron chi connectivity index (χ3n) is 4.18. The summed E-state index contributed by atoms with van der Waals surface area (Å²) in [5.41, 5.74) is 3.14. The van der Waals surface area contributed by atoms with E-state index in [-0.39, 0.29) is 0 Å². The second-order valence-electron chi connectivity index (χ2n) is 5.55. The van der Waals surface area contributed by atoms with Crippen LogP contribution in [0.1, 0.15) is 12.7 Å². The Bertz CT molecular complexity index is 906. The molecule has 0 aliphatic rings. The van der Waals surface area contributed by atoms with Gasteiger partial charge in [-0.1, -0.05) is 54.0 Å². The maximum absolute atomic E-state index is 6.47. The number of hydrogen-bond acceptors (Lipinski definition) is 5. The molecule has 6 heteroatoms. The quantitative estimate of drug-likeness (QED) is 0.590. The van der Waals surface area contributed by atoms with Gasteiger partial charge in [0.05, 0.1) is 32.5 Å². The Morgan fingerprint density at radius 1 is 0.962 bits per heavy atom. The number of aryl methyl sites for hydroxylation is 1. The number of methoxy groups -OCH3 is 3. The minimum Gasteiger partial charge on any atom is -0.496 e. The van der Waals surface area contributed by atoms with Crippen LogP contribution in [0.5, 0.6) is 17.2 Å². The van der Waals surface area contributed by atoms with Crippen LogP contribution < -0.4 is 14.2 Å². The van der Waals surface area contributed by atoms with E-state index in [4.69, 9.17) is 30.3 Å². The molecule has 2 aromatic carbocycles. The smallest absolute Gasteiger partial charge is 0.154 e. The molecule has 0 aliphatic carbocycles. The van der Waals surface area contributed by atoms with Gasteiger partial charge in [-0.05, 0) is 5.56 Å². The van der Waals surface area contributed by atoms with Crippen LogP contribution in [0.25, 0.3) is 22.4 Å². The molecule has 1 heterocycles. The summed E-state index contributed by atoms with van der Waals surface area (Å²) < 4.78 is 22.1. The van der Waals surface area contributed by atoms with Crippen molar-refractivity contribution in [3.8, 4) is 39.6 Å². The van der Waals surface area contributed by atoms with Crippen LogP contribution in [0.2, 0.25) is 5.02 Å². The first-order chi connectivity index (χ1) is 12.7. The van der Waals surface area contributed by atoms with Crippen LogP contribution in [0.15, 0.2) is 40.9 Å². The fourth-order valence-electron chi connectivity index (χ4n) is 2.95. The zero-order valence-corrected chi connectivity index (χ0v) is 15.9. The molecule has 0 fully saturated rings. The van der Waals surface area contributed by atoms with E-state index in [1.165, 1.54) is 0 Å². The van der Waals surface area contributed by atoms with Crippen molar-refractivity contribution in [2.24, 2.45) is 0 Å². The average molecular weight is 374 g/mol. The van der Waals surface area contributed by atoms with Crippen LogP contribution in [0.3, 0.4) is 0 Å². The summed E-state index contributed by atoms with van der Waals surface area (Å²) >= 11 is 6.47. The van der Waals surface area contributed by atoms with Crippen molar-refractivity contribution in [1.29, 1.82) is 0 Å². The summed E-state index contributed by atoms with van der Waals surface area (Å²) in [5, 5.41) is 4.67. The lowest BCUT2D eigenvalue weighted by molar-refractivity contribution is 0.373. The molecule has 3 aromatic rings. The molecular formula is C20H20ClNO4. The average Bonchev–Trinajstić information content (AvgIpc) is 3.11. The molecule has 0 radical (unpaired) electrons. The van der Waals surface area contributed by atoms with Crippen molar-refractivity contribution >= 4 is 11.6 Å². The first kappa shape index (κ1) is 18.1. The SMILES string of the molecule is CCc1onc(-c2c(OC)cc(OC)c(Cl)c2OC)c1-c1ccccc1. The summed E-state index contributed by atoms with van der Waals surface area (Å²) in [5.74, 6) is 2.21. The third-order valence-corrected chi connectivity index (χ3v) is 4.54. The van der Waals surface area contributed by atoms with Gasteiger partial charge in [0.2, 0.25) is 0 Å². The number of rotatable bonds is 6. The van der Waals surface area contributed by atoms with Gasteiger partial charge in [0.1, 0.15) is 28.0 Å². The number of aromatic nitrogens is 1.